The smallest absolute Gasteiger partial charge is 0.270 e. The molecule has 0 radical (unpaired) electrons. The summed E-state index contributed by atoms with van der Waals surface area (Å²) in [5, 5.41) is 21.2. The van der Waals surface area contributed by atoms with E-state index in [4.69, 9.17) is 4.74 Å². The Kier molecular flexibility index (Phi) is 4.62. The third-order valence-corrected chi connectivity index (χ3v) is 4.14. The van der Waals surface area contributed by atoms with Crippen LogP contribution in [-0.2, 0) is 4.74 Å². The number of anilines is 1. The summed E-state index contributed by atoms with van der Waals surface area (Å²) in [6, 6.07) is 4.62. The van der Waals surface area contributed by atoms with Crippen LogP contribution in [0.3, 0.4) is 0 Å². The molecule has 6 nitrogen and oxygen atoms in total. The van der Waals surface area contributed by atoms with E-state index < -0.39 is 10.5 Å². The fourth-order valence-corrected chi connectivity index (χ4v) is 3.02. The van der Waals surface area contributed by atoms with Crippen molar-refractivity contribution in [2.75, 3.05) is 31.7 Å². The van der Waals surface area contributed by atoms with Crippen LogP contribution in [0.5, 0.6) is 0 Å². The van der Waals surface area contributed by atoms with E-state index >= 15 is 0 Å². The summed E-state index contributed by atoms with van der Waals surface area (Å²) in [6.45, 7) is 1.59. The Balaban J connectivity index is 2.12. The largest absolute Gasteiger partial charge is 0.388 e. The molecule has 1 aromatic carbocycles. The maximum atomic E-state index is 10.7. The van der Waals surface area contributed by atoms with Crippen LogP contribution in [0.2, 0.25) is 0 Å². The van der Waals surface area contributed by atoms with Crippen LogP contribution in [-0.4, -0.2) is 42.4 Å². The molecule has 0 bridgehead atoms. The molecular weight excluding hydrogens is 328 g/mol. The van der Waals surface area contributed by atoms with Crippen molar-refractivity contribution in [3.8, 4) is 0 Å². The van der Waals surface area contributed by atoms with Gasteiger partial charge in [0, 0.05) is 56.3 Å². The molecule has 7 heteroatoms. The van der Waals surface area contributed by atoms with E-state index in [9.17, 15) is 15.2 Å². The zero-order valence-corrected chi connectivity index (χ0v) is 12.8. The number of hydrogen-bond acceptors (Lipinski definition) is 5. The number of nitro benzene ring substituents is 1. The lowest BCUT2D eigenvalue weighted by Crippen LogP contribution is -2.45. The van der Waals surface area contributed by atoms with Crippen LogP contribution in [0.1, 0.15) is 12.8 Å². The first-order chi connectivity index (χ1) is 9.41. The van der Waals surface area contributed by atoms with Crippen LogP contribution >= 0.6 is 15.9 Å². The van der Waals surface area contributed by atoms with E-state index in [-0.39, 0.29) is 5.69 Å². The second-order valence-corrected chi connectivity index (χ2v) is 5.94. The van der Waals surface area contributed by atoms with Gasteiger partial charge in [-0.05, 0) is 22.0 Å². The van der Waals surface area contributed by atoms with Gasteiger partial charge in [-0.15, -0.1) is 0 Å². The first-order valence-electron chi connectivity index (χ1n) is 6.36. The number of halogens is 1. The van der Waals surface area contributed by atoms with Gasteiger partial charge in [0.05, 0.1) is 16.2 Å². The first-order valence-corrected chi connectivity index (χ1v) is 7.16. The predicted octanol–water partition coefficient (Wildman–Crippen LogP) is 2.33. The van der Waals surface area contributed by atoms with Crippen molar-refractivity contribution in [3.63, 3.8) is 0 Å². The number of benzene rings is 1. The van der Waals surface area contributed by atoms with Crippen molar-refractivity contribution < 1.29 is 14.8 Å². The van der Waals surface area contributed by atoms with Crippen molar-refractivity contribution in [3.05, 3.63) is 32.8 Å². The molecule has 1 N–H and O–H groups in total. The highest BCUT2D eigenvalue weighted by Gasteiger charge is 2.31. The third kappa shape index (κ3) is 3.47. The van der Waals surface area contributed by atoms with Crippen LogP contribution < -0.4 is 4.90 Å². The maximum absolute atomic E-state index is 10.7. The van der Waals surface area contributed by atoms with Gasteiger partial charge in [-0.25, -0.2) is 0 Å². The fourth-order valence-electron chi connectivity index (χ4n) is 2.36. The molecule has 0 amide bonds. The minimum absolute atomic E-state index is 0.0406. The second kappa shape index (κ2) is 6.07. The topological polar surface area (TPSA) is 75.8 Å². The number of nitrogens with zero attached hydrogens (tertiary/aromatic N) is 2. The minimum Gasteiger partial charge on any atom is -0.388 e. The summed E-state index contributed by atoms with van der Waals surface area (Å²) in [5.74, 6) is 0. The monoisotopic (exact) mass is 344 g/mol. The SMILES string of the molecule is CN(CC1(O)CCOCC1)c1ccc([N+](=O)[O-])cc1Br. The number of hydrogen-bond donors (Lipinski definition) is 1. The molecule has 20 heavy (non-hydrogen) atoms. The standard InChI is InChI=1S/C13H17BrN2O4/c1-15(9-13(17)4-6-20-7-5-13)12-3-2-10(16(18)19)8-11(12)14/h2-3,8,17H,4-7,9H2,1H3. The van der Waals surface area contributed by atoms with E-state index in [1.54, 1.807) is 6.07 Å². The molecule has 2 rings (SSSR count). The molecule has 0 aliphatic carbocycles. The number of rotatable bonds is 4. The lowest BCUT2D eigenvalue weighted by atomic mass is 9.94. The summed E-state index contributed by atoms with van der Waals surface area (Å²) < 4.78 is 5.90. The summed E-state index contributed by atoms with van der Waals surface area (Å²) >= 11 is 3.35. The molecule has 0 atom stereocenters. The number of nitro groups is 1. The van der Waals surface area contributed by atoms with E-state index in [1.165, 1.54) is 12.1 Å². The normalized spacial score (nSPS) is 17.8. The van der Waals surface area contributed by atoms with Crippen LogP contribution in [0, 0.1) is 10.1 Å². The molecular formula is C13H17BrN2O4. The van der Waals surface area contributed by atoms with Gasteiger partial charge < -0.3 is 14.7 Å². The summed E-state index contributed by atoms with van der Waals surface area (Å²) in [4.78, 5) is 12.2. The maximum Gasteiger partial charge on any atom is 0.270 e. The van der Waals surface area contributed by atoms with Crippen molar-refractivity contribution in [1.82, 2.24) is 0 Å². The Bertz CT molecular complexity index is 503. The van der Waals surface area contributed by atoms with Crippen LogP contribution in [0.15, 0.2) is 22.7 Å². The van der Waals surface area contributed by atoms with Gasteiger partial charge in [0.1, 0.15) is 0 Å². The van der Waals surface area contributed by atoms with Gasteiger partial charge in [-0.2, -0.15) is 0 Å². The molecule has 0 spiro atoms. The fraction of sp³-hybridized carbons (Fsp3) is 0.538. The van der Waals surface area contributed by atoms with Crippen molar-refractivity contribution in [2.45, 2.75) is 18.4 Å². The average molecular weight is 345 g/mol. The highest BCUT2D eigenvalue weighted by atomic mass is 79.9. The molecule has 0 unspecified atom stereocenters. The molecule has 1 heterocycles. The van der Waals surface area contributed by atoms with E-state index in [0.717, 1.165) is 5.69 Å². The number of aliphatic hydroxyl groups is 1. The summed E-state index contributed by atoms with van der Waals surface area (Å²) in [5.41, 5.74) is 0.0862. The number of ether oxygens (including phenoxy) is 1. The van der Waals surface area contributed by atoms with Crippen LogP contribution in [0.4, 0.5) is 11.4 Å². The Labute approximate surface area is 125 Å². The average Bonchev–Trinajstić information content (AvgIpc) is 2.38. The Morgan fingerprint density at radius 3 is 2.70 bits per heavy atom. The summed E-state index contributed by atoms with van der Waals surface area (Å²) in [7, 11) is 1.86. The van der Waals surface area contributed by atoms with Gasteiger partial charge in [-0.3, -0.25) is 10.1 Å². The van der Waals surface area contributed by atoms with Gasteiger partial charge in [-0.1, -0.05) is 0 Å². The van der Waals surface area contributed by atoms with E-state index in [2.05, 4.69) is 15.9 Å². The van der Waals surface area contributed by atoms with Gasteiger partial charge >= 0.3 is 0 Å². The van der Waals surface area contributed by atoms with Crippen LogP contribution in [0.25, 0.3) is 0 Å². The zero-order valence-electron chi connectivity index (χ0n) is 11.2. The van der Waals surface area contributed by atoms with Crippen molar-refractivity contribution in [1.29, 1.82) is 0 Å². The zero-order chi connectivity index (χ0) is 14.8. The third-order valence-electron chi connectivity index (χ3n) is 3.51. The quantitative estimate of drug-likeness (QED) is 0.670. The van der Waals surface area contributed by atoms with Gasteiger partial charge in [0.15, 0.2) is 0 Å². The molecule has 110 valence electrons. The highest BCUT2D eigenvalue weighted by Crippen LogP contribution is 2.31. The van der Waals surface area contributed by atoms with E-state index in [0.29, 0.717) is 37.1 Å². The second-order valence-electron chi connectivity index (χ2n) is 5.09. The Hall–Kier alpha value is -1.18. The lowest BCUT2D eigenvalue weighted by molar-refractivity contribution is -0.384. The number of non-ortho nitro benzene ring substituents is 1. The molecule has 0 aromatic heterocycles. The van der Waals surface area contributed by atoms with Crippen molar-refractivity contribution >= 4 is 27.3 Å². The molecule has 1 aliphatic rings. The molecule has 0 saturated carbocycles. The van der Waals surface area contributed by atoms with Gasteiger partial charge in [0.25, 0.3) is 5.69 Å². The summed E-state index contributed by atoms with van der Waals surface area (Å²) in [6.07, 6.45) is 1.20. The van der Waals surface area contributed by atoms with E-state index in [1.807, 2.05) is 11.9 Å². The Morgan fingerprint density at radius 2 is 2.15 bits per heavy atom. The molecule has 1 saturated heterocycles. The molecule has 1 aromatic rings. The Morgan fingerprint density at radius 1 is 1.50 bits per heavy atom. The molecule has 1 aliphatic heterocycles. The molecule has 1 fully saturated rings. The predicted molar refractivity (Wildman–Crippen MR) is 79.1 cm³/mol. The number of likely N-dealkylation sites (N-methyl/N-ethyl adjacent to an activating group) is 1. The lowest BCUT2D eigenvalue weighted by Gasteiger charge is -2.36. The van der Waals surface area contributed by atoms with Crippen molar-refractivity contribution in [2.24, 2.45) is 0 Å². The highest BCUT2D eigenvalue weighted by molar-refractivity contribution is 9.10. The minimum atomic E-state index is -0.770. The van der Waals surface area contributed by atoms with Gasteiger partial charge in [0.2, 0.25) is 0 Å². The first kappa shape index (κ1) is 15.2.